The van der Waals surface area contributed by atoms with Crippen LogP contribution in [0.4, 0.5) is 11.4 Å². The van der Waals surface area contributed by atoms with Gasteiger partial charge in [-0.1, -0.05) is 29.3 Å². The van der Waals surface area contributed by atoms with E-state index < -0.39 is 0 Å². The molecule has 0 radical (unpaired) electrons. The summed E-state index contributed by atoms with van der Waals surface area (Å²) in [4.78, 5) is 12.3. The molecule has 1 amide bonds. The van der Waals surface area contributed by atoms with Crippen LogP contribution >= 0.6 is 55.1 Å². The average Bonchev–Trinajstić information content (AvgIpc) is 2.76. The van der Waals surface area contributed by atoms with E-state index in [-0.39, 0.29) is 12.5 Å². The molecule has 3 aromatic rings. The lowest BCUT2D eigenvalue weighted by atomic mass is 10.2. The van der Waals surface area contributed by atoms with E-state index in [0.717, 1.165) is 21.3 Å². The van der Waals surface area contributed by atoms with Gasteiger partial charge in [0, 0.05) is 27.4 Å². The molecule has 168 valence electrons. The zero-order valence-electron chi connectivity index (χ0n) is 17.3. The number of aryl methyl sites for hydroxylation is 1. The minimum Gasteiger partial charge on any atom is -0.493 e. The molecule has 0 heterocycles. The molecule has 3 rings (SSSR count). The Morgan fingerprint density at radius 3 is 2.38 bits per heavy atom. The molecule has 0 fully saturated rings. The van der Waals surface area contributed by atoms with Crippen LogP contribution in [0.3, 0.4) is 0 Å². The predicted molar refractivity (Wildman–Crippen MR) is 137 cm³/mol. The van der Waals surface area contributed by atoms with Crippen molar-refractivity contribution >= 4 is 72.3 Å². The van der Waals surface area contributed by atoms with Crippen LogP contribution in [-0.2, 0) is 11.3 Å². The van der Waals surface area contributed by atoms with Gasteiger partial charge < -0.3 is 20.1 Å². The fourth-order valence-corrected chi connectivity index (χ4v) is 4.04. The minimum atomic E-state index is -0.309. The van der Waals surface area contributed by atoms with Crippen molar-refractivity contribution in [3.8, 4) is 11.5 Å². The van der Waals surface area contributed by atoms with Gasteiger partial charge in [0.1, 0.15) is 0 Å². The molecule has 5 nitrogen and oxygen atoms in total. The Kier molecular flexibility index (Phi) is 8.71. The Labute approximate surface area is 213 Å². The van der Waals surface area contributed by atoms with Crippen LogP contribution in [0.1, 0.15) is 11.1 Å². The van der Waals surface area contributed by atoms with Crippen LogP contribution in [0.15, 0.2) is 57.5 Å². The molecule has 0 aliphatic rings. The van der Waals surface area contributed by atoms with Gasteiger partial charge in [-0.05, 0) is 92.4 Å². The number of nitrogens with one attached hydrogen (secondary N) is 2. The summed E-state index contributed by atoms with van der Waals surface area (Å²) in [5, 5.41) is 7.30. The maximum atomic E-state index is 12.3. The number of benzene rings is 3. The Morgan fingerprint density at radius 2 is 1.69 bits per heavy atom. The number of rotatable bonds is 8. The molecule has 0 saturated heterocycles. The third-order valence-electron chi connectivity index (χ3n) is 4.51. The normalized spacial score (nSPS) is 10.6. The first kappa shape index (κ1) is 24.7. The van der Waals surface area contributed by atoms with Crippen molar-refractivity contribution in [1.82, 2.24) is 0 Å². The zero-order valence-corrected chi connectivity index (χ0v) is 22.0. The highest BCUT2D eigenvalue weighted by atomic mass is 79.9. The summed E-state index contributed by atoms with van der Waals surface area (Å²) in [5.74, 6) is 0.646. The summed E-state index contributed by atoms with van der Waals surface area (Å²) in [6.07, 6.45) is 0. The third-order valence-corrected chi connectivity index (χ3v) is 6.74. The molecule has 9 heteroatoms. The third kappa shape index (κ3) is 6.54. The summed E-state index contributed by atoms with van der Waals surface area (Å²) in [6.45, 7) is 2.26. The molecule has 0 spiro atoms. The number of carbonyl (C=O) groups excluding carboxylic acids is 1. The maximum Gasteiger partial charge on any atom is 0.262 e. The summed E-state index contributed by atoms with van der Waals surface area (Å²) in [6, 6.07) is 14.7. The average molecular weight is 603 g/mol. The number of amides is 1. The highest BCUT2D eigenvalue weighted by molar-refractivity contribution is 9.10. The Bertz CT molecular complexity index is 1140. The van der Waals surface area contributed by atoms with E-state index in [4.69, 9.17) is 32.7 Å². The second-order valence-electron chi connectivity index (χ2n) is 6.89. The first-order valence-corrected chi connectivity index (χ1v) is 11.8. The molecule has 0 bridgehead atoms. The van der Waals surface area contributed by atoms with E-state index in [2.05, 4.69) is 42.5 Å². The molecular weight excluding hydrogens is 583 g/mol. The number of anilines is 2. The number of hydrogen-bond donors (Lipinski definition) is 2. The molecular formula is C23H20Br2Cl2N2O3. The first-order chi connectivity index (χ1) is 15.3. The highest BCUT2D eigenvalue weighted by Crippen LogP contribution is 2.37. The van der Waals surface area contributed by atoms with Crippen molar-refractivity contribution < 1.29 is 14.3 Å². The number of carbonyl (C=O) groups is 1. The van der Waals surface area contributed by atoms with Gasteiger partial charge in [-0.15, -0.1) is 0 Å². The van der Waals surface area contributed by atoms with E-state index in [0.29, 0.717) is 38.2 Å². The quantitative estimate of drug-likeness (QED) is 0.281. The van der Waals surface area contributed by atoms with Crippen molar-refractivity contribution in [2.45, 2.75) is 13.5 Å². The minimum absolute atomic E-state index is 0.185. The van der Waals surface area contributed by atoms with Gasteiger partial charge in [0.25, 0.3) is 5.91 Å². The smallest absolute Gasteiger partial charge is 0.262 e. The van der Waals surface area contributed by atoms with E-state index in [1.54, 1.807) is 19.2 Å². The van der Waals surface area contributed by atoms with Crippen LogP contribution < -0.4 is 20.1 Å². The van der Waals surface area contributed by atoms with Crippen molar-refractivity contribution in [3.63, 3.8) is 0 Å². The van der Waals surface area contributed by atoms with E-state index in [1.807, 2.05) is 43.3 Å². The number of ether oxygens (including phenoxy) is 2. The SMILES string of the molecule is COc1cc(CNc2ccc(Br)c(Cl)c2)cc(Br)c1OCC(=O)Nc1ccc(C)c(Cl)c1. The Hall–Kier alpha value is -1.93. The lowest BCUT2D eigenvalue weighted by molar-refractivity contribution is -0.118. The van der Waals surface area contributed by atoms with Gasteiger partial charge in [0.15, 0.2) is 18.1 Å². The predicted octanol–water partition coefficient (Wildman–Crippen LogP) is 7.47. The van der Waals surface area contributed by atoms with Crippen LogP contribution in [0.25, 0.3) is 0 Å². The Balaban J connectivity index is 1.64. The standard InChI is InChI=1S/C23H20Br2Cl2N2O3/c1-13-3-4-16(10-19(13)26)29-22(30)12-32-23-18(25)7-14(8-21(23)31-2)11-28-15-5-6-17(24)20(27)9-15/h3-10,28H,11-12H2,1-2H3,(H,29,30). The van der Waals surface area contributed by atoms with Gasteiger partial charge in [-0.3, -0.25) is 4.79 Å². The van der Waals surface area contributed by atoms with Crippen molar-refractivity contribution in [2.75, 3.05) is 24.4 Å². The van der Waals surface area contributed by atoms with Crippen molar-refractivity contribution in [3.05, 3.63) is 78.6 Å². The van der Waals surface area contributed by atoms with Crippen molar-refractivity contribution in [2.24, 2.45) is 0 Å². The largest absolute Gasteiger partial charge is 0.493 e. The number of halogens is 4. The van der Waals surface area contributed by atoms with Gasteiger partial charge in [0.05, 0.1) is 16.6 Å². The summed E-state index contributed by atoms with van der Waals surface area (Å²) in [5.41, 5.74) is 3.39. The van der Waals surface area contributed by atoms with Gasteiger partial charge in [-0.25, -0.2) is 0 Å². The molecule has 32 heavy (non-hydrogen) atoms. The maximum absolute atomic E-state index is 12.3. The molecule has 0 saturated carbocycles. The fraction of sp³-hybridized carbons (Fsp3) is 0.174. The molecule has 0 aliphatic heterocycles. The van der Waals surface area contributed by atoms with Gasteiger partial charge in [-0.2, -0.15) is 0 Å². The van der Waals surface area contributed by atoms with Gasteiger partial charge >= 0.3 is 0 Å². The van der Waals surface area contributed by atoms with Crippen molar-refractivity contribution in [1.29, 1.82) is 0 Å². The molecule has 2 N–H and O–H groups in total. The van der Waals surface area contributed by atoms with E-state index >= 15 is 0 Å². The summed E-state index contributed by atoms with van der Waals surface area (Å²) < 4.78 is 12.7. The number of hydrogen-bond acceptors (Lipinski definition) is 4. The second-order valence-corrected chi connectivity index (χ2v) is 9.42. The number of methoxy groups -OCH3 is 1. The van der Waals surface area contributed by atoms with Crippen LogP contribution in [0.5, 0.6) is 11.5 Å². The fourth-order valence-electron chi connectivity index (χ4n) is 2.83. The lowest BCUT2D eigenvalue weighted by Crippen LogP contribution is -2.20. The summed E-state index contributed by atoms with van der Waals surface area (Å²) >= 11 is 19.1. The topological polar surface area (TPSA) is 59.6 Å². The monoisotopic (exact) mass is 600 g/mol. The zero-order chi connectivity index (χ0) is 23.3. The van der Waals surface area contributed by atoms with Gasteiger partial charge in [0.2, 0.25) is 0 Å². The van der Waals surface area contributed by atoms with Crippen LogP contribution in [-0.4, -0.2) is 19.6 Å². The lowest BCUT2D eigenvalue weighted by Gasteiger charge is -2.15. The van der Waals surface area contributed by atoms with Crippen LogP contribution in [0.2, 0.25) is 10.0 Å². The highest BCUT2D eigenvalue weighted by Gasteiger charge is 2.14. The molecule has 0 unspecified atom stereocenters. The first-order valence-electron chi connectivity index (χ1n) is 9.51. The molecule has 0 aliphatic carbocycles. The van der Waals surface area contributed by atoms with E-state index in [9.17, 15) is 4.79 Å². The molecule has 3 aromatic carbocycles. The second kappa shape index (κ2) is 11.3. The molecule has 0 atom stereocenters. The Morgan fingerprint density at radius 1 is 0.969 bits per heavy atom. The van der Waals surface area contributed by atoms with Crippen LogP contribution in [0, 0.1) is 6.92 Å². The van der Waals surface area contributed by atoms with E-state index in [1.165, 1.54) is 0 Å². The summed E-state index contributed by atoms with van der Waals surface area (Å²) in [7, 11) is 1.55. The molecule has 0 aromatic heterocycles.